The fraction of sp³-hybridized carbons (Fsp3) is 0.656. The number of aromatic nitrogens is 2. The number of carbonyl (C=O) groups is 1. The van der Waals surface area contributed by atoms with Crippen molar-refractivity contribution in [2.45, 2.75) is 82.7 Å². The maximum Gasteiger partial charge on any atom is 0.406 e. The van der Waals surface area contributed by atoms with Crippen LogP contribution in [-0.4, -0.2) is 114 Å². The molecule has 3 aliphatic heterocycles. The molecular formula is C32H44F4N6O6S. The van der Waals surface area contributed by atoms with Crippen molar-refractivity contribution < 1.29 is 45.4 Å². The van der Waals surface area contributed by atoms with Crippen LogP contribution in [0.1, 0.15) is 63.7 Å². The van der Waals surface area contributed by atoms with E-state index in [0.29, 0.717) is 43.2 Å². The van der Waals surface area contributed by atoms with Crippen LogP contribution in [0.4, 0.5) is 23.4 Å². The molecule has 1 spiro atoms. The molecule has 3 aliphatic rings. The maximum atomic E-state index is 14.3. The number of likely N-dealkylation sites (tertiary alicyclic amines) is 1. The summed E-state index contributed by atoms with van der Waals surface area (Å²) in [4.78, 5) is 26.4. The summed E-state index contributed by atoms with van der Waals surface area (Å²) in [5, 5.41) is 10.5. The van der Waals surface area contributed by atoms with E-state index in [4.69, 9.17) is 9.47 Å². The predicted molar refractivity (Wildman–Crippen MR) is 172 cm³/mol. The van der Waals surface area contributed by atoms with E-state index in [0.717, 1.165) is 38.1 Å². The average molecular weight is 717 g/mol. The van der Waals surface area contributed by atoms with Crippen molar-refractivity contribution in [1.82, 2.24) is 24.5 Å². The normalized spacial score (nSPS) is 23.2. The Balaban J connectivity index is 1.18. The van der Waals surface area contributed by atoms with Crippen LogP contribution < -0.4 is 14.4 Å². The number of alkyl halides is 3. The Labute approximate surface area is 283 Å². The molecule has 2 atom stereocenters. The SMILES string of the molecule is CC(C)N(CC(F)(F)F)C(=O)c1cc(F)ccc1Oc1cncnc1N1CC2(CCN(C[C@@]3(O)CC[C@@H](NS(=O)(=O)C(C)C)CO3)CC2)C1. The lowest BCUT2D eigenvalue weighted by Gasteiger charge is -2.55. The van der Waals surface area contributed by atoms with Crippen molar-refractivity contribution in [1.29, 1.82) is 0 Å². The van der Waals surface area contributed by atoms with Crippen molar-refractivity contribution >= 4 is 21.7 Å². The third-order valence-corrected chi connectivity index (χ3v) is 11.3. The Morgan fingerprint density at radius 3 is 2.45 bits per heavy atom. The molecule has 49 heavy (non-hydrogen) atoms. The first kappa shape index (κ1) is 37.1. The number of halogens is 4. The number of ether oxygens (including phenoxy) is 2. The fourth-order valence-corrected chi connectivity index (χ4v) is 7.42. The van der Waals surface area contributed by atoms with Gasteiger partial charge in [-0.1, -0.05) is 0 Å². The highest BCUT2D eigenvalue weighted by atomic mass is 32.2. The van der Waals surface area contributed by atoms with Gasteiger partial charge in [-0.25, -0.2) is 27.5 Å². The highest BCUT2D eigenvalue weighted by Crippen LogP contribution is 2.45. The smallest absolute Gasteiger partial charge is 0.406 e. The number of amides is 1. The van der Waals surface area contributed by atoms with Gasteiger partial charge in [-0.05, 0) is 78.2 Å². The molecule has 1 aromatic heterocycles. The number of hydrogen-bond acceptors (Lipinski definition) is 10. The summed E-state index contributed by atoms with van der Waals surface area (Å²) in [6.07, 6.45) is 0.561. The lowest BCUT2D eigenvalue weighted by molar-refractivity contribution is -0.239. The summed E-state index contributed by atoms with van der Waals surface area (Å²) in [6.45, 7) is 7.75. The molecule has 3 fully saturated rings. The number of nitrogens with one attached hydrogen (secondary N) is 1. The van der Waals surface area contributed by atoms with Crippen LogP contribution >= 0.6 is 0 Å². The van der Waals surface area contributed by atoms with Crippen molar-refractivity contribution in [2.75, 3.05) is 50.8 Å². The Bertz CT molecular complexity index is 1590. The standard InChI is InChI=1S/C32H44F4N6O6S/c1-21(2)42(19-32(34,35)36)29(43)25-13-23(33)5-6-26(25)48-27-14-37-20-38-28(27)41-16-30(17-41)9-11-40(12-10-30)18-31(44)8-7-24(15-47-31)39-49(45,46)22(3)4/h5-6,13-14,20-22,24,39,44H,7-12,15-19H2,1-4H3/t24-,31-/m1/s1. The van der Waals surface area contributed by atoms with Gasteiger partial charge in [-0.15, -0.1) is 0 Å². The molecule has 0 aliphatic carbocycles. The zero-order valence-corrected chi connectivity index (χ0v) is 28.9. The van der Waals surface area contributed by atoms with E-state index >= 15 is 0 Å². The predicted octanol–water partition coefficient (Wildman–Crippen LogP) is 3.92. The number of carbonyl (C=O) groups excluding carboxylic acids is 1. The van der Waals surface area contributed by atoms with Crippen molar-refractivity contribution in [2.24, 2.45) is 5.41 Å². The summed E-state index contributed by atoms with van der Waals surface area (Å²) in [7, 11) is -3.44. The summed E-state index contributed by atoms with van der Waals surface area (Å²) in [6, 6.07) is 1.93. The van der Waals surface area contributed by atoms with Gasteiger partial charge in [0.2, 0.25) is 10.0 Å². The van der Waals surface area contributed by atoms with Crippen molar-refractivity contribution in [3.05, 3.63) is 42.1 Å². The van der Waals surface area contributed by atoms with Crippen LogP contribution in [-0.2, 0) is 14.8 Å². The second-order valence-corrected chi connectivity index (χ2v) is 16.2. The number of piperidine rings is 1. The molecule has 5 rings (SSSR count). The molecule has 0 bridgehead atoms. The minimum absolute atomic E-state index is 0.0126. The lowest BCUT2D eigenvalue weighted by Crippen LogP contribution is -2.62. The van der Waals surface area contributed by atoms with E-state index in [1.54, 1.807) is 13.8 Å². The summed E-state index contributed by atoms with van der Waals surface area (Å²) < 4.78 is 92.9. The Morgan fingerprint density at radius 2 is 1.86 bits per heavy atom. The molecule has 0 saturated carbocycles. The second kappa shape index (κ2) is 14.2. The molecule has 2 aromatic rings. The van der Waals surface area contributed by atoms with E-state index < -0.39 is 51.5 Å². The molecule has 1 amide bonds. The molecule has 0 radical (unpaired) electrons. The second-order valence-electron chi connectivity index (χ2n) is 13.9. The van der Waals surface area contributed by atoms with Gasteiger partial charge in [0.15, 0.2) is 17.4 Å². The number of nitrogens with zero attached hydrogens (tertiary/aromatic N) is 5. The highest BCUT2D eigenvalue weighted by molar-refractivity contribution is 7.90. The van der Waals surface area contributed by atoms with E-state index in [9.17, 15) is 35.9 Å². The fourth-order valence-electron chi connectivity index (χ4n) is 6.49. The van der Waals surface area contributed by atoms with E-state index in [1.807, 2.05) is 4.90 Å². The molecule has 3 saturated heterocycles. The van der Waals surface area contributed by atoms with Gasteiger partial charge in [-0.2, -0.15) is 13.2 Å². The average Bonchev–Trinajstić information content (AvgIpc) is 3.01. The first-order valence-corrected chi connectivity index (χ1v) is 17.9. The monoisotopic (exact) mass is 716 g/mol. The third-order valence-electron chi connectivity index (χ3n) is 9.41. The van der Waals surface area contributed by atoms with Gasteiger partial charge in [0.1, 0.15) is 24.4 Å². The molecule has 1 aromatic carbocycles. The van der Waals surface area contributed by atoms with E-state index in [2.05, 4.69) is 19.6 Å². The molecule has 17 heteroatoms. The summed E-state index contributed by atoms with van der Waals surface area (Å²) in [5.74, 6) is -2.68. The zero-order chi connectivity index (χ0) is 35.8. The maximum absolute atomic E-state index is 14.3. The number of aliphatic hydroxyl groups is 1. The lowest BCUT2D eigenvalue weighted by atomic mass is 9.72. The first-order valence-electron chi connectivity index (χ1n) is 16.4. The number of sulfonamides is 1. The van der Waals surface area contributed by atoms with Crippen molar-refractivity contribution in [3.8, 4) is 11.5 Å². The van der Waals surface area contributed by atoms with Gasteiger partial charge in [0, 0.05) is 37.0 Å². The number of benzene rings is 1. The first-order chi connectivity index (χ1) is 22.9. The molecule has 4 heterocycles. The van der Waals surface area contributed by atoms with Crippen LogP contribution in [0.2, 0.25) is 0 Å². The minimum atomic E-state index is -4.65. The number of rotatable bonds is 11. The molecular weight excluding hydrogens is 672 g/mol. The quantitative estimate of drug-likeness (QED) is 0.330. The zero-order valence-electron chi connectivity index (χ0n) is 28.0. The molecule has 272 valence electrons. The third kappa shape index (κ3) is 8.98. The Kier molecular flexibility index (Phi) is 10.8. The van der Waals surface area contributed by atoms with Crippen LogP contribution in [0.3, 0.4) is 0 Å². The Morgan fingerprint density at radius 1 is 1.16 bits per heavy atom. The highest BCUT2D eigenvalue weighted by Gasteiger charge is 2.47. The van der Waals surface area contributed by atoms with E-state index in [1.165, 1.54) is 32.4 Å². The van der Waals surface area contributed by atoms with Crippen LogP contribution in [0, 0.1) is 11.2 Å². The number of anilines is 1. The van der Waals surface area contributed by atoms with Gasteiger partial charge in [0.25, 0.3) is 5.91 Å². The molecule has 0 unspecified atom stereocenters. The van der Waals surface area contributed by atoms with Crippen LogP contribution in [0.15, 0.2) is 30.7 Å². The number of hydrogen-bond donors (Lipinski definition) is 2. The molecule has 2 N–H and O–H groups in total. The van der Waals surface area contributed by atoms with Crippen LogP contribution in [0.5, 0.6) is 11.5 Å². The minimum Gasteiger partial charge on any atom is -0.451 e. The van der Waals surface area contributed by atoms with Gasteiger partial charge in [0.05, 0.1) is 30.2 Å². The summed E-state index contributed by atoms with van der Waals surface area (Å²) in [5.41, 5.74) is -0.363. The largest absolute Gasteiger partial charge is 0.451 e. The van der Waals surface area contributed by atoms with Gasteiger partial charge < -0.3 is 24.4 Å². The van der Waals surface area contributed by atoms with Gasteiger partial charge in [-0.3, -0.25) is 9.69 Å². The molecule has 12 nitrogen and oxygen atoms in total. The Hall–Kier alpha value is -3.12. The van der Waals surface area contributed by atoms with Crippen molar-refractivity contribution in [3.63, 3.8) is 0 Å². The number of β-amino-alcohol motifs (C(OH)–C–C–N with tert-alkyl or cyclic N) is 1. The topological polar surface area (TPSA) is 137 Å². The van der Waals surface area contributed by atoms with E-state index in [-0.39, 0.29) is 35.1 Å². The summed E-state index contributed by atoms with van der Waals surface area (Å²) >= 11 is 0. The van der Waals surface area contributed by atoms with Gasteiger partial charge >= 0.3 is 6.18 Å². The van der Waals surface area contributed by atoms with Crippen LogP contribution in [0.25, 0.3) is 0 Å².